The van der Waals surface area contributed by atoms with Gasteiger partial charge < -0.3 is 10.1 Å². The maximum Gasteiger partial charge on any atom is 0.312 e. The molecule has 1 aromatic rings. The lowest BCUT2D eigenvalue weighted by Gasteiger charge is -2.13. The van der Waals surface area contributed by atoms with E-state index in [2.05, 4.69) is 10.4 Å². The molecule has 0 aromatic carbocycles. The molecule has 0 fully saturated rings. The average molecular weight is 298 g/mol. The Balaban J connectivity index is 2.62. The van der Waals surface area contributed by atoms with Gasteiger partial charge in [0, 0.05) is 20.3 Å². The average Bonchev–Trinajstić information content (AvgIpc) is 2.69. The molecule has 1 unspecified atom stereocenters. The number of nitro groups is 1. The van der Waals surface area contributed by atoms with Crippen LogP contribution in [-0.4, -0.2) is 40.9 Å². The highest BCUT2D eigenvalue weighted by atomic mass is 16.6. The van der Waals surface area contributed by atoms with Crippen molar-refractivity contribution in [1.82, 2.24) is 15.1 Å². The molecule has 1 atom stereocenters. The number of hydrogen-bond acceptors (Lipinski definition) is 5. The van der Waals surface area contributed by atoms with Crippen LogP contribution in [0.2, 0.25) is 0 Å². The van der Waals surface area contributed by atoms with Gasteiger partial charge >= 0.3 is 5.69 Å². The second-order valence-electron chi connectivity index (χ2n) is 5.00. The van der Waals surface area contributed by atoms with Crippen LogP contribution in [0.25, 0.3) is 0 Å². The molecule has 0 saturated heterocycles. The molecule has 21 heavy (non-hydrogen) atoms. The summed E-state index contributed by atoms with van der Waals surface area (Å²) in [7, 11) is 1.61. The van der Waals surface area contributed by atoms with Crippen molar-refractivity contribution in [2.24, 2.45) is 5.92 Å². The van der Waals surface area contributed by atoms with Crippen molar-refractivity contribution >= 4 is 11.6 Å². The van der Waals surface area contributed by atoms with Crippen molar-refractivity contribution in [1.29, 1.82) is 0 Å². The molecular weight excluding hydrogens is 276 g/mol. The van der Waals surface area contributed by atoms with Crippen LogP contribution in [0.3, 0.4) is 0 Å². The molecule has 1 N–H and O–H groups in total. The van der Waals surface area contributed by atoms with E-state index in [9.17, 15) is 14.9 Å². The largest absolute Gasteiger partial charge is 0.385 e. The summed E-state index contributed by atoms with van der Waals surface area (Å²) < 4.78 is 6.43. The minimum absolute atomic E-state index is 0.0164. The van der Waals surface area contributed by atoms with E-state index >= 15 is 0 Å². The van der Waals surface area contributed by atoms with Gasteiger partial charge in [-0.15, -0.1) is 0 Å². The van der Waals surface area contributed by atoms with Gasteiger partial charge in [-0.3, -0.25) is 19.6 Å². The van der Waals surface area contributed by atoms with Crippen molar-refractivity contribution in [2.45, 2.75) is 33.7 Å². The summed E-state index contributed by atoms with van der Waals surface area (Å²) in [6.07, 6.45) is 0.750. The van der Waals surface area contributed by atoms with E-state index in [0.29, 0.717) is 31.1 Å². The highest BCUT2D eigenvalue weighted by molar-refractivity contribution is 5.78. The summed E-state index contributed by atoms with van der Waals surface area (Å²) in [5, 5.41) is 17.9. The summed E-state index contributed by atoms with van der Waals surface area (Å²) in [6, 6.07) is 0. The predicted molar refractivity (Wildman–Crippen MR) is 77.0 cm³/mol. The first kappa shape index (κ1) is 17.1. The minimum Gasteiger partial charge on any atom is -0.385 e. The van der Waals surface area contributed by atoms with Crippen molar-refractivity contribution < 1.29 is 14.5 Å². The summed E-state index contributed by atoms with van der Waals surface area (Å²) >= 11 is 0. The summed E-state index contributed by atoms with van der Waals surface area (Å²) in [5.74, 6) is -0.411. The topological polar surface area (TPSA) is 99.3 Å². The Bertz CT molecular complexity index is 513. The fourth-order valence-electron chi connectivity index (χ4n) is 2.07. The molecule has 0 aliphatic rings. The van der Waals surface area contributed by atoms with Crippen molar-refractivity contribution in [2.75, 3.05) is 20.3 Å². The Kier molecular flexibility index (Phi) is 6.29. The Hall–Kier alpha value is -1.96. The van der Waals surface area contributed by atoms with Crippen LogP contribution in [-0.2, 0) is 16.1 Å². The van der Waals surface area contributed by atoms with Gasteiger partial charge in [0.2, 0.25) is 5.91 Å². The molecule has 0 saturated carbocycles. The van der Waals surface area contributed by atoms with Gasteiger partial charge in [-0.1, -0.05) is 6.92 Å². The number of rotatable bonds is 8. The van der Waals surface area contributed by atoms with Crippen LogP contribution in [0.15, 0.2) is 0 Å². The number of aryl methyl sites for hydroxylation is 1. The van der Waals surface area contributed by atoms with E-state index in [4.69, 9.17) is 4.74 Å². The summed E-state index contributed by atoms with van der Waals surface area (Å²) in [6.45, 7) is 6.47. The number of nitrogens with one attached hydrogen (secondary N) is 1. The van der Waals surface area contributed by atoms with Gasteiger partial charge in [-0.2, -0.15) is 5.10 Å². The number of hydrogen-bond donors (Lipinski definition) is 1. The van der Waals surface area contributed by atoms with Crippen LogP contribution in [0.1, 0.15) is 24.7 Å². The number of methoxy groups -OCH3 is 1. The third-order valence-corrected chi connectivity index (χ3v) is 3.24. The molecule has 0 aliphatic heterocycles. The van der Waals surface area contributed by atoms with Gasteiger partial charge in [0.25, 0.3) is 0 Å². The second kappa shape index (κ2) is 7.72. The Morgan fingerprint density at radius 1 is 1.52 bits per heavy atom. The molecule has 1 aromatic heterocycles. The first-order chi connectivity index (χ1) is 9.88. The lowest BCUT2D eigenvalue weighted by atomic mass is 10.1. The molecule has 0 bridgehead atoms. The number of carbonyl (C=O) groups is 1. The second-order valence-corrected chi connectivity index (χ2v) is 5.00. The first-order valence-corrected chi connectivity index (χ1v) is 6.83. The van der Waals surface area contributed by atoms with Gasteiger partial charge in [0.05, 0.1) is 17.4 Å². The summed E-state index contributed by atoms with van der Waals surface area (Å²) in [4.78, 5) is 22.4. The fourth-order valence-corrected chi connectivity index (χ4v) is 2.07. The standard InChI is InChI=1S/C13H22N4O4/c1-9(13(18)14-6-5-7-21-4)8-16-11(3)12(17(19)20)10(2)15-16/h9H,5-8H2,1-4H3,(H,14,18). The molecule has 1 rings (SSSR count). The smallest absolute Gasteiger partial charge is 0.312 e. The van der Waals surface area contributed by atoms with E-state index in [-0.39, 0.29) is 17.5 Å². The number of aromatic nitrogens is 2. The SMILES string of the molecule is COCCCNC(=O)C(C)Cn1nc(C)c([N+](=O)[O-])c1C. The minimum atomic E-state index is -0.441. The quantitative estimate of drug-likeness (QED) is 0.441. The molecule has 0 aliphatic carbocycles. The molecule has 0 spiro atoms. The lowest BCUT2D eigenvalue weighted by Crippen LogP contribution is -2.33. The molecule has 1 amide bonds. The predicted octanol–water partition coefficient (Wildman–Crippen LogP) is 1.20. The van der Waals surface area contributed by atoms with Crippen LogP contribution in [0, 0.1) is 29.9 Å². The number of amides is 1. The maximum atomic E-state index is 11.9. The first-order valence-electron chi connectivity index (χ1n) is 6.83. The van der Waals surface area contributed by atoms with Gasteiger partial charge in [0.15, 0.2) is 0 Å². The Morgan fingerprint density at radius 2 is 2.19 bits per heavy atom. The van der Waals surface area contributed by atoms with Crippen LogP contribution in [0.5, 0.6) is 0 Å². The Morgan fingerprint density at radius 3 is 2.71 bits per heavy atom. The van der Waals surface area contributed by atoms with E-state index in [1.807, 2.05) is 0 Å². The summed E-state index contributed by atoms with van der Waals surface area (Å²) in [5.41, 5.74) is 0.851. The zero-order valence-electron chi connectivity index (χ0n) is 12.9. The van der Waals surface area contributed by atoms with E-state index in [1.54, 1.807) is 27.9 Å². The number of nitrogens with zero attached hydrogens (tertiary/aromatic N) is 3. The number of ether oxygens (including phenoxy) is 1. The lowest BCUT2D eigenvalue weighted by molar-refractivity contribution is -0.386. The van der Waals surface area contributed by atoms with Crippen molar-refractivity contribution in [3.05, 3.63) is 21.5 Å². The fraction of sp³-hybridized carbons (Fsp3) is 0.692. The highest BCUT2D eigenvalue weighted by Gasteiger charge is 2.23. The molecule has 8 heteroatoms. The molecule has 118 valence electrons. The van der Waals surface area contributed by atoms with Gasteiger partial charge in [0.1, 0.15) is 11.4 Å². The zero-order chi connectivity index (χ0) is 16.0. The van der Waals surface area contributed by atoms with Crippen LogP contribution >= 0.6 is 0 Å². The van der Waals surface area contributed by atoms with E-state index < -0.39 is 4.92 Å². The van der Waals surface area contributed by atoms with Crippen LogP contribution < -0.4 is 5.32 Å². The van der Waals surface area contributed by atoms with E-state index in [0.717, 1.165) is 6.42 Å². The van der Waals surface area contributed by atoms with Crippen LogP contribution in [0.4, 0.5) is 5.69 Å². The third kappa shape index (κ3) is 4.52. The van der Waals surface area contributed by atoms with Crippen molar-refractivity contribution in [3.63, 3.8) is 0 Å². The van der Waals surface area contributed by atoms with Gasteiger partial charge in [-0.25, -0.2) is 0 Å². The van der Waals surface area contributed by atoms with E-state index in [1.165, 1.54) is 4.68 Å². The third-order valence-electron chi connectivity index (χ3n) is 3.24. The normalized spacial score (nSPS) is 12.2. The molecule has 8 nitrogen and oxygen atoms in total. The zero-order valence-corrected chi connectivity index (χ0v) is 12.9. The highest BCUT2D eigenvalue weighted by Crippen LogP contribution is 2.22. The van der Waals surface area contributed by atoms with Gasteiger partial charge in [-0.05, 0) is 20.3 Å². The molecule has 1 heterocycles. The Labute approximate surface area is 123 Å². The van der Waals surface area contributed by atoms with Crippen molar-refractivity contribution in [3.8, 4) is 0 Å². The number of carbonyl (C=O) groups excluding carboxylic acids is 1. The maximum absolute atomic E-state index is 11.9. The molecular formula is C13H22N4O4. The monoisotopic (exact) mass is 298 g/mol. The molecule has 0 radical (unpaired) electrons.